The summed E-state index contributed by atoms with van der Waals surface area (Å²) in [6.45, 7) is 1.99. The maximum Gasteiger partial charge on any atom is 0.308 e. The number of anilines is 1. The van der Waals surface area contributed by atoms with E-state index in [2.05, 4.69) is 10.3 Å². The molecule has 6 nitrogen and oxygen atoms in total. The lowest BCUT2D eigenvalue weighted by atomic mass is 10.1. The van der Waals surface area contributed by atoms with Crippen LogP contribution in [0.5, 0.6) is 0 Å². The zero-order chi connectivity index (χ0) is 15.4. The number of aromatic nitrogens is 1. The number of primary amides is 1. The molecule has 0 aliphatic carbocycles. The van der Waals surface area contributed by atoms with Crippen molar-refractivity contribution in [2.75, 3.05) is 11.9 Å². The van der Waals surface area contributed by atoms with Crippen molar-refractivity contribution in [2.24, 2.45) is 11.7 Å². The molecule has 0 radical (unpaired) electrons. The molecule has 0 bridgehead atoms. The Labute approximate surface area is 122 Å². The van der Waals surface area contributed by atoms with E-state index in [0.717, 1.165) is 5.39 Å². The van der Waals surface area contributed by atoms with E-state index >= 15 is 0 Å². The van der Waals surface area contributed by atoms with Crippen molar-refractivity contribution in [3.63, 3.8) is 0 Å². The summed E-state index contributed by atoms with van der Waals surface area (Å²) in [5.41, 5.74) is 6.34. The number of aliphatic carboxylic acids is 1. The number of carbonyl (C=O) groups is 2. The number of amides is 1. The molecule has 1 aromatic heterocycles. The molecule has 0 aliphatic rings. The molecule has 21 heavy (non-hydrogen) atoms. The predicted molar refractivity (Wildman–Crippen MR) is 80.2 cm³/mol. The van der Waals surface area contributed by atoms with E-state index in [9.17, 15) is 9.59 Å². The third-order valence-corrected chi connectivity index (χ3v) is 3.35. The van der Waals surface area contributed by atoms with E-state index in [-0.39, 0.29) is 12.1 Å². The largest absolute Gasteiger partial charge is 0.481 e. The highest BCUT2D eigenvalue weighted by molar-refractivity contribution is 6.01. The van der Waals surface area contributed by atoms with Crippen LogP contribution < -0.4 is 11.1 Å². The highest BCUT2D eigenvalue weighted by Crippen LogP contribution is 2.20. The molecule has 2 aromatic rings. The normalized spacial score (nSPS) is 12.0. The number of benzene rings is 1. The first kappa shape index (κ1) is 14.8. The third-order valence-electron chi connectivity index (χ3n) is 3.35. The highest BCUT2D eigenvalue weighted by atomic mass is 16.4. The first-order valence-electron chi connectivity index (χ1n) is 6.69. The van der Waals surface area contributed by atoms with Gasteiger partial charge in [0.1, 0.15) is 5.82 Å². The monoisotopic (exact) mass is 287 g/mol. The Balaban J connectivity index is 2.34. The topological polar surface area (TPSA) is 105 Å². The van der Waals surface area contributed by atoms with Gasteiger partial charge in [0, 0.05) is 11.9 Å². The zero-order valence-electron chi connectivity index (χ0n) is 11.7. The first-order chi connectivity index (χ1) is 10.0. The van der Waals surface area contributed by atoms with Gasteiger partial charge in [-0.05, 0) is 18.6 Å². The van der Waals surface area contributed by atoms with Gasteiger partial charge in [0.05, 0.1) is 17.0 Å². The number of nitrogens with two attached hydrogens (primary N) is 1. The van der Waals surface area contributed by atoms with E-state index < -0.39 is 17.8 Å². The van der Waals surface area contributed by atoms with Crippen LogP contribution in [-0.2, 0) is 4.79 Å². The summed E-state index contributed by atoms with van der Waals surface area (Å²) in [4.78, 5) is 26.9. The van der Waals surface area contributed by atoms with E-state index in [4.69, 9.17) is 10.8 Å². The SMILES string of the molecule is CCC(CNc1nc2ccccc2cc1C(N)=O)C(=O)O. The minimum Gasteiger partial charge on any atom is -0.481 e. The lowest BCUT2D eigenvalue weighted by Crippen LogP contribution is -2.24. The second-order valence-electron chi connectivity index (χ2n) is 4.77. The number of pyridine rings is 1. The van der Waals surface area contributed by atoms with Crippen LogP contribution in [-0.4, -0.2) is 28.5 Å². The molecule has 0 saturated heterocycles. The second-order valence-corrected chi connectivity index (χ2v) is 4.77. The number of para-hydroxylation sites is 1. The number of hydrogen-bond acceptors (Lipinski definition) is 4. The number of nitrogens with one attached hydrogen (secondary N) is 1. The predicted octanol–water partition coefficient (Wildman–Crippen LogP) is 1.86. The maximum absolute atomic E-state index is 11.5. The van der Waals surface area contributed by atoms with Crippen molar-refractivity contribution >= 4 is 28.6 Å². The van der Waals surface area contributed by atoms with Gasteiger partial charge in [0.2, 0.25) is 0 Å². The number of nitrogens with zero attached hydrogens (tertiary/aromatic N) is 1. The molecule has 2 rings (SSSR count). The lowest BCUT2D eigenvalue weighted by Gasteiger charge is -2.14. The molecule has 1 amide bonds. The molecule has 1 aromatic carbocycles. The van der Waals surface area contributed by atoms with E-state index in [0.29, 0.717) is 17.8 Å². The summed E-state index contributed by atoms with van der Waals surface area (Å²) in [5, 5.41) is 12.8. The van der Waals surface area contributed by atoms with Crippen molar-refractivity contribution in [3.8, 4) is 0 Å². The molecule has 0 aliphatic heterocycles. The van der Waals surface area contributed by atoms with Crippen LogP contribution >= 0.6 is 0 Å². The van der Waals surface area contributed by atoms with Crippen LogP contribution in [0.15, 0.2) is 30.3 Å². The van der Waals surface area contributed by atoms with E-state index in [1.165, 1.54) is 0 Å². The zero-order valence-corrected chi connectivity index (χ0v) is 11.7. The summed E-state index contributed by atoms with van der Waals surface area (Å²) in [6, 6.07) is 9.01. The summed E-state index contributed by atoms with van der Waals surface area (Å²) in [5.74, 6) is -1.70. The van der Waals surface area contributed by atoms with Gasteiger partial charge in [-0.1, -0.05) is 25.1 Å². The van der Waals surface area contributed by atoms with Gasteiger partial charge in [-0.2, -0.15) is 0 Å². The van der Waals surface area contributed by atoms with Gasteiger partial charge >= 0.3 is 5.97 Å². The van der Waals surface area contributed by atoms with Gasteiger partial charge < -0.3 is 16.2 Å². The quantitative estimate of drug-likeness (QED) is 0.752. The molecule has 0 fully saturated rings. The standard InChI is InChI=1S/C15H17N3O3/c1-2-9(15(20)21)8-17-14-11(13(16)19)7-10-5-3-4-6-12(10)18-14/h3-7,9H,2,8H2,1H3,(H2,16,19)(H,17,18)(H,20,21). The van der Waals surface area contributed by atoms with Crippen LogP contribution in [0.1, 0.15) is 23.7 Å². The van der Waals surface area contributed by atoms with Crippen LogP contribution in [0.2, 0.25) is 0 Å². The van der Waals surface area contributed by atoms with Gasteiger partial charge in [-0.25, -0.2) is 4.98 Å². The Morgan fingerprint density at radius 3 is 2.71 bits per heavy atom. The Morgan fingerprint density at radius 2 is 2.10 bits per heavy atom. The summed E-state index contributed by atoms with van der Waals surface area (Å²) >= 11 is 0. The smallest absolute Gasteiger partial charge is 0.308 e. The average molecular weight is 287 g/mol. The molecule has 1 heterocycles. The molecule has 6 heteroatoms. The molecule has 1 atom stereocenters. The fraction of sp³-hybridized carbons (Fsp3) is 0.267. The van der Waals surface area contributed by atoms with Crippen LogP contribution in [0.3, 0.4) is 0 Å². The van der Waals surface area contributed by atoms with Crippen molar-refractivity contribution in [2.45, 2.75) is 13.3 Å². The summed E-state index contributed by atoms with van der Waals surface area (Å²) in [6.07, 6.45) is 0.488. The van der Waals surface area contributed by atoms with Gasteiger partial charge in [0.25, 0.3) is 5.91 Å². The molecule has 0 spiro atoms. The second kappa shape index (κ2) is 6.21. The van der Waals surface area contributed by atoms with Crippen molar-refractivity contribution in [1.82, 2.24) is 4.98 Å². The van der Waals surface area contributed by atoms with E-state index in [1.54, 1.807) is 13.0 Å². The van der Waals surface area contributed by atoms with Gasteiger partial charge in [0.15, 0.2) is 0 Å². The number of fused-ring (bicyclic) bond motifs is 1. The highest BCUT2D eigenvalue weighted by Gasteiger charge is 2.17. The van der Waals surface area contributed by atoms with Crippen LogP contribution in [0.25, 0.3) is 10.9 Å². The molecule has 1 unspecified atom stereocenters. The molecular formula is C15H17N3O3. The molecule has 0 saturated carbocycles. The fourth-order valence-corrected chi connectivity index (χ4v) is 2.06. The van der Waals surface area contributed by atoms with Crippen LogP contribution in [0.4, 0.5) is 5.82 Å². The molecular weight excluding hydrogens is 270 g/mol. The molecule has 110 valence electrons. The number of carboxylic acid groups (broad SMARTS) is 1. The van der Waals surface area contributed by atoms with Crippen molar-refractivity contribution in [1.29, 1.82) is 0 Å². The number of carbonyl (C=O) groups excluding carboxylic acids is 1. The maximum atomic E-state index is 11.5. The number of hydrogen-bond donors (Lipinski definition) is 3. The Kier molecular flexibility index (Phi) is 4.37. The third kappa shape index (κ3) is 3.28. The minimum absolute atomic E-state index is 0.192. The van der Waals surface area contributed by atoms with Crippen molar-refractivity contribution in [3.05, 3.63) is 35.9 Å². The Morgan fingerprint density at radius 1 is 1.38 bits per heavy atom. The number of rotatable bonds is 6. The van der Waals surface area contributed by atoms with Gasteiger partial charge in [-0.3, -0.25) is 9.59 Å². The van der Waals surface area contributed by atoms with E-state index in [1.807, 2.05) is 24.3 Å². The molecule has 4 N–H and O–H groups in total. The first-order valence-corrected chi connectivity index (χ1v) is 6.69. The minimum atomic E-state index is -0.883. The lowest BCUT2D eigenvalue weighted by molar-refractivity contribution is -0.141. The summed E-state index contributed by atoms with van der Waals surface area (Å²) in [7, 11) is 0. The number of carboxylic acids is 1. The van der Waals surface area contributed by atoms with Gasteiger partial charge in [-0.15, -0.1) is 0 Å². The van der Waals surface area contributed by atoms with Crippen molar-refractivity contribution < 1.29 is 14.7 Å². The summed E-state index contributed by atoms with van der Waals surface area (Å²) < 4.78 is 0. The average Bonchev–Trinajstić information content (AvgIpc) is 2.46. The van der Waals surface area contributed by atoms with Crippen LogP contribution in [0, 0.1) is 5.92 Å². The Hall–Kier alpha value is -2.63. The fourth-order valence-electron chi connectivity index (χ4n) is 2.06. The Bertz CT molecular complexity index is 685.